The van der Waals surface area contributed by atoms with Crippen molar-refractivity contribution in [1.29, 1.82) is 0 Å². The number of hydrogen-bond acceptors (Lipinski definition) is 3. The molecule has 0 aromatic heterocycles. The van der Waals surface area contributed by atoms with E-state index in [1.54, 1.807) is 0 Å². The van der Waals surface area contributed by atoms with Crippen LogP contribution in [0.1, 0.15) is 12.8 Å². The highest BCUT2D eigenvalue weighted by molar-refractivity contribution is 5.75. The first-order valence-electron chi connectivity index (χ1n) is 3.82. The molecule has 1 aliphatic heterocycles. The van der Waals surface area contributed by atoms with Gasteiger partial charge in [0.25, 0.3) is 0 Å². The molecule has 2 rings (SSSR count). The summed E-state index contributed by atoms with van der Waals surface area (Å²) in [6.45, 7) is 0.597. The van der Waals surface area contributed by atoms with E-state index in [-0.39, 0.29) is 17.9 Å². The van der Waals surface area contributed by atoms with Crippen molar-refractivity contribution in [2.45, 2.75) is 18.9 Å². The monoisotopic (exact) mass is 158 g/mol. The summed E-state index contributed by atoms with van der Waals surface area (Å²) in [6, 6.07) is 0. The van der Waals surface area contributed by atoms with E-state index in [4.69, 9.17) is 14.9 Å². The number of carboxylic acid groups (broad SMARTS) is 1. The third-order valence-corrected chi connectivity index (χ3v) is 2.33. The molecule has 0 aromatic rings. The lowest BCUT2D eigenvalue weighted by Crippen LogP contribution is -2.06. The molecule has 1 heterocycles. The molecule has 3 unspecified atom stereocenters. The molecule has 4 heteroatoms. The summed E-state index contributed by atoms with van der Waals surface area (Å²) in [7, 11) is 0. The van der Waals surface area contributed by atoms with Gasteiger partial charge in [0.05, 0.1) is 12.5 Å². The van der Waals surface area contributed by atoms with E-state index in [2.05, 4.69) is 0 Å². The molecule has 0 bridgehead atoms. The maximum absolute atomic E-state index is 10.5. The van der Waals surface area contributed by atoms with Crippen molar-refractivity contribution in [3.8, 4) is 0 Å². The van der Waals surface area contributed by atoms with Crippen molar-refractivity contribution in [2.24, 2.45) is 11.8 Å². The van der Waals surface area contributed by atoms with Gasteiger partial charge in [0.1, 0.15) is 6.10 Å². The number of carbonyl (C=O) groups is 1. The summed E-state index contributed by atoms with van der Waals surface area (Å²) >= 11 is 0. The number of rotatable bonds is 1. The Morgan fingerprint density at radius 2 is 2.36 bits per heavy atom. The van der Waals surface area contributed by atoms with Gasteiger partial charge in [-0.1, -0.05) is 0 Å². The fourth-order valence-electron chi connectivity index (χ4n) is 1.65. The number of carboxylic acids is 1. The Morgan fingerprint density at radius 3 is 3.09 bits per heavy atom. The van der Waals surface area contributed by atoms with Gasteiger partial charge in [-0.2, -0.15) is 0 Å². The Hall–Kier alpha value is -0.610. The van der Waals surface area contributed by atoms with E-state index in [0.717, 1.165) is 12.8 Å². The van der Waals surface area contributed by atoms with Crippen LogP contribution in [0.3, 0.4) is 0 Å². The van der Waals surface area contributed by atoms with Crippen LogP contribution >= 0.6 is 0 Å². The van der Waals surface area contributed by atoms with Gasteiger partial charge in [0, 0.05) is 5.92 Å². The molecule has 0 spiro atoms. The van der Waals surface area contributed by atoms with Gasteiger partial charge < -0.3 is 5.11 Å². The van der Waals surface area contributed by atoms with Gasteiger partial charge in [-0.3, -0.25) is 4.79 Å². The van der Waals surface area contributed by atoms with E-state index in [0.29, 0.717) is 6.61 Å². The van der Waals surface area contributed by atoms with Gasteiger partial charge in [0.15, 0.2) is 0 Å². The lowest BCUT2D eigenvalue weighted by atomic mass is 10.2. The van der Waals surface area contributed by atoms with E-state index in [1.165, 1.54) is 0 Å². The zero-order valence-electron chi connectivity index (χ0n) is 6.03. The van der Waals surface area contributed by atoms with Crippen molar-refractivity contribution >= 4 is 5.97 Å². The Morgan fingerprint density at radius 1 is 1.55 bits per heavy atom. The van der Waals surface area contributed by atoms with E-state index in [1.807, 2.05) is 0 Å². The number of hydrogen-bond donors (Lipinski definition) is 1. The zero-order chi connectivity index (χ0) is 7.84. The molecule has 0 amide bonds. The first kappa shape index (κ1) is 7.06. The third kappa shape index (κ3) is 1.12. The molecule has 2 fully saturated rings. The maximum Gasteiger partial charge on any atom is 0.309 e. The normalized spacial score (nSPS) is 42.4. The van der Waals surface area contributed by atoms with Crippen LogP contribution in [0.15, 0.2) is 0 Å². The number of aliphatic carboxylic acids is 1. The summed E-state index contributed by atoms with van der Waals surface area (Å²) in [5.41, 5.74) is 0. The van der Waals surface area contributed by atoms with Crippen LogP contribution < -0.4 is 0 Å². The Labute approximate surface area is 64.0 Å². The second kappa shape index (κ2) is 2.46. The first-order chi connectivity index (χ1) is 5.30. The molecule has 11 heavy (non-hydrogen) atoms. The minimum absolute atomic E-state index is 0.171. The number of fused-ring (bicyclic) bond motifs is 1. The topological polar surface area (TPSA) is 55.8 Å². The zero-order valence-corrected chi connectivity index (χ0v) is 6.03. The second-order valence-corrected chi connectivity index (χ2v) is 3.05. The molecule has 62 valence electrons. The molecule has 4 nitrogen and oxygen atoms in total. The van der Waals surface area contributed by atoms with Gasteiger partial charge in [-0.05, 0) is 12.8 Å². The highest BCUT2D eigenvalue weighted by atomic mass is 17.2. The van der Waals surface area contributed by atoms with E-state index < -0.39 is 5.97 Å². The molecule has 1 saturated carbocycles. The standard InChI is InChI=1S/C7H10O4/c8-7(9)5-4-2-1-3-10-11-6(4)5/h4-6H,1-3H2,(H,8,9). The van der Waals surface area contributed by atoms with Gasteiger partial charge >= 0.3 is 5.97 Å². The fourth-order valence-corrected chi connectivity index (χ4v) is 1.65. The van der Waals surface area contributed by atoms with Crippen molar-refractivity contribution in [3.05, 3.63) is 0 Å². The third-order valence-electron chi connectivity index (χ3n) is 2.33. The van der Waals surface area contributed by atoms with Gasteiger partial charge in [-0.15, -0.1) is 0 Å². The molecule has 1 aliphatic carbocycles. The van der Waals surface area contributed by atoms with Crippen LogP contribution in [0.2, 0.25) is 0 Å². The molecular weight excluding hydrogens is 148 g/mol. The lowest BCUT2D eigenvalue weighted by molar-refractivity contribution is -0.302. The van der Waals surface area contributed by atoms with Crippen molar-refractivity contribution in [3.63, 3.8) is 0 Å². The smallest absolute Gasteiger partial charge is 0.309 e. The molecule has 0 aromatic carbocycles. The van der Waals surface area contributed by atoms with Crippen LogP contribution in [-0.2, 0) is 14.6 Å². The predicted molar refractivity (Wildman–Crippen MR) is 34.7 cm³/mol. The quantitative estimate of drug-likeness (QED) is 0.562. The van der Waals surface area contributed by atoms with Crippen LogP contribution in [0.25, 0.3) is 0 Å². The summed E-state index contributed by atoms with van der Waals surface area (Å²) < 4.78 is 0. The van der Waals surface area contributed by atoms with Crippen molar-refractivity contribution < 1.29 is 19.7 Å². The molecule has 0 radical (unpaired) electrons. The summed E-state index contributed by atoms with van der Waals surface area (Å²) in [5, 5.41) is 8.64. The Kier molecular flexibility index (Phi) is 1.58. The average Bonchev–Trinajstić information content (AvgIpc) is 2.57. The molecular formula is C7H10O4. The highest BCUT2D eigenvalue weighted by Crippen LogP contribution is 2.46. The van der Waals surface area contributed by atoms with Gasteiger partial charge in [0.2, 0.25) is 0 Å². The minimum atomic E-state index is -0.759. The van der Waals surface area contributed by atoms with Gasteiger partial charge in [-0.25, -0.2) is 9.78 Å². The van der Waals surface area contributed by atoms with Crippen molar-refractivity contribution in [2.75, 3.05) is 6.61 Å². The van der Waals surface area contributed by atoms with E-state index in [9.17, 15) is 4.79 Å². The van der Waals surface area contributed by atoms with Crippen LogP contribution in [-0.4, -0.2) is 23.8 Å². The fraction of sp³-hybridized carbons (Fsp3) is 0.857. The second-order valence-electron chi connectivity index (χ2n) is 3.05. The largest absolute Gasteiger partial charge is 0.481 e. The van der Waals surface area contributed by atoms with Crippen molar-refractivity contribution in [1.82, 2.24) is 0 Å². The maximum atomic E-state index is 10.5. The summed E-state index contributed by atoms with van der Waals surface area (Å²) in [5.74, 6) is -0.865. The highest BCUT2D eigenvalue weighted by Gasteiger charge is 2.57. The lowest BCUT2D eigenvalue weighted by Gasteiger charge is -1.98. The Bertz CT molecular complexity index is 167. The molecule has 2 aliphatic rings. The predicted octanol–water partition coefficient (Wildman–Crippen LogP) is 0.428. The molecule has 1 saturated heterocycles. The summed E-state index contributed by atoms with van der Waals surface area (Å²) in [6.07, 6.45) is 1.65. The first-order valence-corrected chi connectivity index (χ1v) is 3.82. The van der Waals surface area contributed by atoms with E-state index >= 15 is 0 Å². The Balaban J connectivity index is 1.96. The van der Waals surface area contributed by atoms with Crippen LogP contribution in [0.4, 0.5) is 0 Å². The van der Waals surface area contributed by atoms with Crippen LogP contribution in [0.5, 0.6) is 0 Å². The SMILES string of the molecule is O=C(O)C1C2CCCOOC21. The minimum Gasteiger partial charge on any atom is -0.481 e. The van der Waals surface area contributed by atoms with Crippen LogP contribution in [0, 0.1) is 11.8 Å². The average molecular weight is 158 g/mol. The molecule has 3 atom stereocenters. The summed E-state index contributed by atoms with van der Waals surface area (Å²) in [4.78, 5) is 20.1. The molecule has 1 N–H and O–H groups in total.